The molecule has 0 fully saturated rings. The van der Waals surface area contributed by atoms with Gasteiger partial charge in [0.25, 0.3) is 5.91 Å². The summed E-state index contributed by atoms with van der Waals surface area (Å²) < 4.78 is 7.10. The van der Waals surface area contributed by atoms with Gasteiger partial charge in [-0.05, 0) is 23.8 Å². The van der Waals surface area contributed by atoms with Crippen LogP contribution >= 0.6 is 27.7 Å². The number of nitriles is 1. The normalized spacial score (nSPS) is 13.1. The van der Waals surface area contributed by atoms with E-state index in [1.807, 2.05) is 59.7 Å². The lowest BCUT2D eigenvalue weighted by Crippen LogP contribution is -2.36. The van der Waals surface area contributed by atoms with E-state index in [0.29, 0.717) is 23.9 Å². The van der Waals surface area contributed by atoms with Gasteiger partial charge in [-0.2, -0.15) is 5.26 Å². The van der Waals surface area contributed by atoms with Gasteiger partial charge in [-0.3, -0.25) is 4.79 Å². The van der Waals surface area contributed by atoms with Crippen molar-refractivity contribution in [3.05, 3.63) is 75.2 Å². The molecule has 0 saturated heterocycles. The molecule has 30 heavy (non-hydrogen) atoms. The Labute approximate surface area is 189 Å². The number of benzene rings is 2. The monoisotopic (exact) mass is 486 g/mol. The molecule has 1 aliphatic rings. The number of hydrogen-bond acceptors (Lipinski definition) is 6. The summed E-state index contributed by atoms with van der Waals surface area (Å²) >= 11 is 5.02. The second-order valence-electron chi connectivity index (χ2n) is 6.55. The van der Waals surface area contributed by atoms with E-state index in [2.05, 4.69) is 39.2 Å². The van der Waals surface area contributed by atoms with Crippen LogP contribution < -0.4 is 10.1 Å². The van der Waals surface area contributed by atoms with E-state index in [-0.39, 0.29) is 12.5 Å². The van der Waals surface area contributed by atoms with E-state index in [4.69, 9.17) is 10.00 Å². The molecule has 2 aromatic carbocycles. The predicted octanol–water partition coefficient (Wildman–Crippen LogP) is 4.25. The summed E-state index contributed by atoms with van der Waals surface area (Å²) in [6, 6.07) is 18.0. The maximum absolute atomic E-state index is 12.1. The molecule has 2 aromatic rings. The molecular weight excluding hydrogens is 464 g/mol. The number of ether oxygens (including phenoxy) is 1. The highest BCUT2D eigenvalue weighted by Crippen LogP contribution is 2.30. The van der Waals surface area contributed by atoms with E-state index in [0.717, 1.165) is 27.9 Å². The number of nitrogens with zero attached hydrogens (tertiary/aromatic N) is 3. The van der Waals surface area contributed by atoms with E-state index >= 15 is 0 Å². The third-order valence-electron chi connectivity index (χ3n) is 4.51. The molecule has 156 valence electrons. The summed E-state index contributed by atoms with van der Waals surface area (Å²) in [5.74, 6) is 1.27. The third-order valence-corrected chi connectivity index (χ3v) is 6.00. The molecule has 0 saturated carbocycles. The Balaban J connectivity index is 1.70. The number of nitrogens with one attached hydrogen (secondary N) is 1. The Morgan fingerprint density at radius 2 is 2.13 bits per heavy atom. The van der Waals surface area contributed by atoms with Crippen molar-refractivity contribution in [1.82, 2.24) is 15.3 Å². The van der Waals surface area contributed by atoms with E-state index in [1.54, 1.807) is 0 Å². The third kappa shape index (κ3) is 6.02. The molecule has 8 heteroatoms. The number of hydrazine groups is 1. The Morgan fingerprint density at radius 1 is 1.33 bits per heavy atom. The highest BCUT2D eigenvalue weighted by Gasteiger charge is 2.23. The average molecular weight is 487 g/mol. The smallest absolute Gasteiger partial charge is 0.260 e. The van der Waals surface area contributed by atoms with Gasteiger partial charge in [0.1, 0.15) is 18.9 Å². The van der Waals surface area contributed by atoms with Gasteiger partial charge in [-0.15, -0.1) is 0 Å². The summed E-state index contributed by atoms with van der Waals surface area (Å²) in [5, 5.41) is 15.4. The fraction of sp³-hybridized carbons (Fsp3) is 0.273. The van der Waals surface area contributed by atoms with Crippen LogP contribution in [0.1, 0.15) is 18.1 Å². The first-order chi connectivity index (χ1) is 14.6. The molecule has 1 aliphatic heterocycles. The molecular formula is C22H23BrN4O2S. The quantitative estimate of drug-likeness (QED) is 0.534. The first kappa shape index (κ1) is 22.2. The van der Waals surface area contributed by atoms with Gasteiger partial charge >= 0.3 is 0 Å². The van der Waals surface area contributed by atoms with Gasteiger partial charge in [0, 0.05) is 29.3 Å². The van der Waals surface area contributed by atoms with Gasteiger partial charge in [0.15, 0.2) is 0 Å². The molecule has 1 amide bonds. The number of carbonyl (C=O) groups excluding carboxylic acids is 1. The lowest BCUT2D eigenvalue weighted by Gasteiger charge is -2.30. The molecule has 0 aliphatic carbocycles. The van der Waals surface area contributed by atoms with Crippen LogP contribution in [0.2, 0.25) is 0 Å². The van der Waals surface area contributed by atoms with Crippen LogP contribution in [0, 0.1) is 11.3 Å². The molecule has 0 spiro atoms. The zero-order valence-corrected chi connectivity index (χ0v) is 19.1. The SMILES string of the molecule is CCN(Cc1cc(Br)ccc1OCc1ccccc1)N1C=C(C(=O)NCC#N)SC1. The number of hydrogen-bond donors (Lipinski definition) is 1. The molecule has 0 unspecified atom stereocenters. The van der Waals surface area contributed by atoms with Crippen molar-refractivity contribution in [3.63, 3.8) is 0 Å². The Bertz CT molecular complexity index is 946. The molecule has 3 rings (SSSR count). The first-order valence-corrected chi connectivity index (χ1v) is 11.3. The van der Waals surface area contributed by atoms with Crippen molar-refractivity contribution in [2.24, 2.45) is 0 Å². The van der Waals surface area contributed by atoms with E-state index < -0.39 is 0 Å². The lowest BCUT2D eigenvalue weighted by molar-refractivity contribution is -0.116. The van der Waals surface area contributed by atoms with Crippen LogP contribution in [-0.2, 0) is 17.9 Å². The van der Waals surface area contributed by atoms with Crippen molar-refractivity contribution >= 4 is 33.6 Å². The minimum Gasteiger partial charge on any atom is -0.489 e. The van der Waals surface area contributed by atoms with Crippen molar-refractivity contribution < 1.29 is 9.53 Å². The summed E-state index contributed by atoms with van der Waals surface area (Å²) in [6.07, 6.45) is 1.84. The summed E-state index contributed by atoms with van der Waals surface area (Å²) in [7, 11) is 0. The van der Waals surface area contributed by atoms with Crippen LogP contribution in [0.4, 0.5) is 0 Å². The molecule has 0 radical (unpaired) electrons. The molecule has 0 bridgehead atoms. The van der Waals surface area contributed by atoms with E-state index in [9.17, 15) is 4.79 Å². The zero-order chi connectivity index (χ0) is 21.3. The van der Waals surface area contributed by atoms with Crippen LogP contribution in [0.5, 0.6) is 5.75 Å². The van der Waals surface area contributed by atoms with Crippen molar-refractivity contribution in [3.8, 4) is 11.8 Å². The summed E-state index contributed by atoms with van der Waals surface area (Å²) in [5.41, 5.74) is 2.17. The molecule has 0 aromatic heterocycles. The maximum Gasteiger partial charge on any atom is 0.260 e. The van der Waals surface area contributed by atoms with Gasteiger partial charge in [-0.1, -0.05) is 64.9 Å². The Morgan fingerprint density at radius 3 is 2.87 bits per heavy atom. The molecule has 1 N–H and O–H groups in total. The van der Waals surface area contributed by atoms with Crippen molar-refractivity contribution in [1.29, 1.82) is 5.26 Å². The summed E-state index contributed by atoms with van der Waals surface area (Å²) in [6.45, 7) is 4.01. The summed E-state index contributed by atoms with van der Waals surface area (Å²) in [4.78, 5) is 12.7. The van der Waals surface area contributed by atoms with Crippen molar-refractivity contribution in [2.75, 3.05) is 19.0 Å². The number of rotatable bonds is 9. The van der Waals surface area contributed by atoms with Crippen LogP contribution in [-0.4, -0.2) is 34.9 Å². The largest absolute Gasteiger partial charge is 0.489 e. The van der Waals surface area contributed by atoms with Gasteiger partial charge in [0.2, 0.25) is 0 Å². The fourth-order valence-electron chi connectivity index (χ4n) is 2.97. The Kier molecular flexibility index (Phi) is 8.20. The number of halogens is 1. The second kappa shape index (κ2) is 11.1. The first-order valence-electron chi connectivity index (χ1n) is 9.57. The number of carbonyl (C=O) groups is 1. The van der Waals surface area contributed by atoms with Crippen molar-refractivity contribution in [2.45, 2.75) is 20.1 Å². The minimum atomic E-state index is -0.213. The fourth-order valence-corrected chi connectivity index (χ4v) is 4.29. The van der Waals surface area contributed by atoms with Gasteiger partial charge < -0.3 is 15.1 Å². The minimum absolute atomic E-state index is 0.00831. The highest BCUT2D eigenvalue weighted by atomic mass is 79.9. The topological polar surface area (TPSA) is 68.6 Å². The van der Waals surface area contributed by atoms with Crippen LogP contribution in [0.3, 0.4) is 0 Å². The second-order valence-corrected chi connectivity index (χ2v) is 8.46. The van der Waals surface area contributed by atoms with Crippen LogP contribution in [0.15, 0.2) is 64.1 Å². The standard InChI is InChI=1S/C22H23BrN4O2S/c1-2-26(27-14-21(30-16-27)22(28)25-11-10-24)13-18-12-19(23)8-9-20(18)29-15-17-6-4-3-5-7-17/h3-9,12,14H,2,11,13,15-16H2,1H3,(H,25,28). The number of thioether (sulfide) groups is 1. The predicted molar refractivity (Wildman–Crippen MR) is 122 cm³/mol. The highest BCUT2D eigenvalue weighted by molar-refractivity contribution is 9.10. The van der Waals surface area contributed by atoms with E-state index in [1.165, 1.54) is 11.8 Å². The maximum atomic E-state index is 12.1. The molecule has 6 nitrogen and oxygen atoms in total. The Hall–Kier alpha value is -2.47. The molecule has 0 atom stereocenters. The number of amides is 1. The van der Waals surface area contributed by atoms with Gasteiger partial charge in [-0.25, -0.2) is 5.01 Å². The average Bonchev–Trinajstić information content (AvgIpc) is 3.26. The zero-order valence-electron chi connectivity index (χ0n) is 16.7. The van der Waals surface area contributed by atoms with Gasteiger partial charge in [0.05, 0.1) is 16.9 Å². The lowest BCUT2D eigenvalue weighted by atomic mass is 10.2. The molecule has 1 heterocycles. The van der Waals surface area contributed by atoms with Crippen LogP contribution in [0.25, 0.3) is 0 Å².